The van der Waals surface area contributed by atoms with Gasteiger partial charge < -0.3 is 37.4 Å². The summed E-state index contributed by atoms with van der Waals surface area (Å²) in [5.41, 5.74) is 2.64. The summed E-state index contributed by atoms with van der Waals surface area (Å²) in [6.07, 6.45) is 37.4. The Hall–Kier alpha value is -3.05. The van der Waals surface area contributed by atoms with Crippen LogP contribution in [0.25, 0.3) is 0 Å². The highest BCUT2D eigenvalue weighted by Crippen LogP contribution is 2.38. The third kappa shape index (κ3) is 31.7. The molecule has 0 spiro atoms. The standard InChI is InChI=1S/C50H84NO10P/c1-8-10-29-35-47-43(3)44(4)48(61-47)36-31-26-22-19-20-23-27-32-37-49(53)57-41-46(42-59-62(55,56)58-40-39-51(5,6)7)60-50(54)38-33-28-24-18-16-14-12-11-13-15-17-21-25-30-34-45(52)9-2/h12-15,18,21,24-25,30,34,45-46,52H,8-11,16-17,19-20,22-23,26-29,31-33,35-42H2,1-7H3/b14-12-,15-13-,24-18-,25-21-,34-30+/t45-,46-/m1/s1. The summed E-state index contributed by atoms with van der Waals surface area (Å²) >= 11 is 0. The molecule has 0 amide bonds. The summed E-state index contributed by atoms with van der Waals surface area (Å²) in [6.45, 7) is 8.10. The Morgan fingerprint density at radius 3 is 1.85 bits per heavy atom. The van der Waals surface area contributed by atoms with Gasteiger partial charge in [0.1, 0.15) is 31.3 Å². The van der Waals surface area contributed by atoms with Gasteiger partial charge in [-0.1, -0.05) is 126 Å². The molecule has 12 heteroatoms. The maximum Gasteiger partial charge on any atom is 0.306 e. The van der Waals surface area contributed by atoms with Crippen LogP contribution in [0.5, 0.6) is 0 Å². The lowest BCUT2D eigenvalue weighted by molar-refractivity contribution is -0.870. The maximum atomic E-state index is 12.7. The molecule has 0 radical (unpaired) electrons. The number of ether oxygens (including phenoxy) is 2. The van der Waals surface area contributed by atoms with E-state index in [9.17, 15) is 24.2 Å². The lowest BCUT2D eigenvalue weighted by atomic mass is 10.0. The van der Waals surface area contributed by atoms with Crippen molar-refractivity contribution in [1.29, 1.82) is 0 Å². The Kier molecular flexibility index (Phi) is 32.5. The van der Waals surface area contributed by atoms with E-state index in [0.29, 0.717) is 36.7 Å². The summed E-state index contributed by atoms with van der Waals surface area (Å²) in [5.74, 6) is 1.38. The molecule has 0 aromatic carbocycles. The van der Waals surface area contributed by atoms with Crippen LogP contribution >= 0.6 is 7.82 Å². The third-order valence-corrected chi connectivity index (χ3v) is 11.4. The van der Waals surface area contributed by atoms with Crippen LogP contribution < -0.4 is 4.89 Å². The second-order valence-corrected chi connectivity index (χ2v) is 18.6. The molecule has 1 rings (SSSR count). The molecule has 1 aromatic rings. The van der Waals surface area contributed by atoms with Crippen LogP contribution in [0, 0.1) is 13.8 Å². The molecular formula is C50H84NO10P. The van der Waals surface area contributed by atoms with Crippen molar-refractivity contribution in [1.82, 2.24) is 0 Å². The molecule has 1 heterocycles. The van der Waals surface area contributed by atoms with Crippen molar-refractivity contribution in [3.63, 3.8) is 0 Å². The zero-order valence-corrected chi connectivity index (χ0v) is 40.5. The molecule has 0 saturated heterocycles. The first-order valence-electron chi connectivity index (χ1n) is 23.5. The lowest BCUT2D eigenvalue weighted by Crippen LogP contribution is -2.37. The van der Waals surface area contributed by atoms with Gasteiger partial charge in [-0.05, 0) is 82.8 Å². The summed E-state index contributed by atoms with van der Waals surface area (Å²) in [7, 11) is 1.08. The minimum absolute atomic E-state index is 0.0574. The van der Waals surface area contributed by atoms with E-state index in [-0.39, 0.29) is 32.2 Å². The first kappa shape index (κ1) is 57.0. The van der Waals surface area contributed by atoms with Crippen molar-refractivity contribution in [3.8, 4) is 0 Å². The van der Waals surface area contributed by atoms with Gasteiger partial charge in [-0.3, -0.25) is 14.2 Å². The largest absolute Gasteiger partial charge is 0.756 e. The number of phosphoric ester groups is 1. The molecule has 0 bridgehead atoms. The molecule has 11 nitrogen and oxygen atoms in total. The highest BCUT2D eigenvalue weighted by molar-refractivity contribution is 7.45. The van der Waals surface area contributed by atoms with E-state index in [0.717, 1.165) is 70.0 Å². The highest BCUT2D eigenvalue weighted by Gasteiger charge is 2.22. The summed E-state index contributed by atoms with van der Waals surface area (Å²) in [6, 6.07) is 0. The van der Waals surface area contributed by atoms with Gasteiger partial charge in [0.15, 0.2) is 6.10 Å². The fraction of sp³-hybridized carbons (Fsp3) is 0.680. The Labute approximate surface area is 375 Å². The second kappa shape index (κ2) is 35.3. The molecular weight excluding hydrogens is 806 g/mol. The minimum atomic E-state index is -4.67. The van der Waals surface area contributed by atoms with E-state index in [1.54, 1.807) is 6.08 Å². The number of carbonyl (C=O) groups is 2. The van der Waals surface area contributed by atoms with E-state index in [4.69, 9.17) is 22.9 Å². The number of aliphatic hydroxyl groups is 1. The number of rotatable bonds is 38. The Morgan fingerprint density at radius 2 is 1.26 bits per heavy atom. The van der Waals surface area contributed by atoms with Crippen LogP contribution in [0.2, 0.25) is 0 Å². The van der Waals surface area contributed by atoms with E-state index >= 15 is 0 Å². The van der Waals surface area contributed by atoms with Gasteiger partial charge in [0.25, 0.3) is 7.82 Å². The number of esters is 2. The predicted octanol–water partition coefficient (Wildman–Crippen LogP) is 11.2. The number of carbonyl (C=O) groups excluding carboxylic acids is 2. The third-order valence-electron chi connectivity index (χ3n) is 10.4. The molecule has 1 N–H and O–H groups in total. The topological polar surface area (TPSA) is 145 Å². The Morgan fingerprint density at radius 1 is 0.710 bits per heavy atom. The van der Waals surface area contributed by atoms with E-state index in [1.165, 1.54) is 49.0 Å². The number of aryl methyl sites for hydroxylation is 2. The summed E-state index contributed by atoms with van der Waals surface area (Å²) < 4.78 is 40.1. The first-order valence-corrected chi connectivity index (χ1v) is 24.9. The number of quaternary nitrogens is 1. The summed E-state index contributed by atoms with van der Waals surface area (Å²) in [4.78, 5) is 37.7. The van der Waals surface area contributed by atoms with Gasteiger partial charge in [-0.25, -0.2) is 0 Å². The average Bonchev–Trinajstić information content (AvgIpc) is 3.49. The number of nitrogens with zero attached hydrogens (tertiary/aromatic N) is 1. The fourth-order valence-electron chi connectivity index (χ4n) is 6.29. The zero-order valence-electron chi connectivity index (χ0n) is 39.6. The molecule has 1 unspecified atom stereocenters. The second-order valence-electron chi connectivity index (χ2n) is 17.2. The van der Waals surface area contributed by atoms with E-state index < -0.39 is 32.5 Å². The van der Waals surface area contributed by atoms with Crippen molar-refractivity contribution < 1.29 is 51.6 Å². The fourth-order valence-corrected chi connectivity index (χ4v) is 7.02. The normalized spacial score (nSPS) is 14.5. The highest BCUT2D eigenvalue weighted by atomic mass is 31.2. The minimum Gasteiger partial charge on any atom is -0.756 e. The number of aliphatic hydroxyl groups excluding tert-OH is 1. The van der Waals surface area contributed by atoms with Crippen molar-refractivity contribution in [2.45, 2.75) is 175 Å². The zero-order chi connectivity index (χ0) is 45.9. The predicted molar refractivity (Wildman–Crippen MR) is 250 cm³/mol. The van der Waals surface area contributed by atoms with E-state index in [1.807, 2.05) is 58.4 Å². The molecule has 0 aliphatic rings. The number of hydrogen-bond acceptors (Lipinski definition) is 10. The average molecular weight is 890 g/mol. The molecule has 3 atom stereocenters. The van der Waals surface area contributed by atoms with Crippen LogP contribution in [0.3, 0.4) is 0 Å². The van der Waals surface area contributed by atoms with Gasteiger partial charge in [-0.15, -0.1) is 0 Å². The summed E-state index contributed by atoms with van der Waals surface area (Å²) in [5, 5.41) is 9.49. The Balaban J connectivity index is 2.39. The lowest BCUT2D eigenvalue weighted by Gasteiger charge is -2.28. The van der Waals surface area contributed by atoms with Crippen molar-refractivity contribution >= 4 is 19.8 Å². The Bertz CT molecular complexity index is 1540. The monoisotopic (exact) mass is 890 g/mol. The molecule has 0 fully saturated rings. The SMILES string of the molecule is CCCCCc1oc(CCCCCCCCCCC(=O)OC[C@H](COP(=O)([O-])OCC[N+](C)(C)C)OC(=O)CCC/C=C\C/C=C\C/C=C\C/C=C\C=C\[C@H](O)CC)c(C)c1C. The van der Waals surface area contributed by atoms with Crippen LogP contribution in [-0.4, -0.2) is 81.2 Å². The van der Waals surface area contributed by atoms with Gasteiger partial charge >= 0.3 is 11.9 Å². The van der Waals surface area contributed by atoms with Gasteiger partial charge in [0, 0.05) is 25.7 Å². The quantitative estimate of drug-likeness (QED) is 0.0170. The van der Waals surface area contributed by atoms with Crippen LogP contribution in [0.1, 0.15) is 158 Å². The number of likely N-dealkylation sites (N-methyl/N-ethyl adjacent to an activating group) is 1. The van der Waals surface area contributed by atoms with Crippen molar-refractivity contribution in [3.05, 3.63) is 83.4 Å². The molecule has 62 heavy (non-hydrogen) atoms. The van der Waals surface area contributed by atoms with Gasteiger partial charge in [0.2, 0.25) is 0 Å². The van der Waals surface area contributed by atoms with Crippen LogP contribution in [-0.2, 0) is 45.5 Å². The number of furan rings is 1. The smallest absolute Gasteiger partial charge is 0.306 e. The molecule has 354 valence electrons. The number of unbranched alkanes of at least 4 members (excludes halogenated alkanes) is 10. The maximum absolute atomic E-state index is 12.7. The molecule has 0 aliphatic carbocycles. The number of hydrogen-bond donors (Lipinski definition) is 1. The molecule has 0 saturated carbocycles. The molecule has 0 aliphatic heterocycles. The van der Waals surface area contributed by atoms with Gasteiger partial charge in [0.05, 0.1) is 33.9 Å². The van der Waals surface area contributed by atoms with Crippen LogP contribution in [0.4, 0.5) is 0 Å². The first-order chi connectivity index (χ1) is 29.7. The van der Waals surface area contributed by atoms with Gasteiger partial charge in [-0.2, -0.15) is 0 Å². The van der Waals surface area contributed by atoms with E-state index in [2.05, 4.69) is 45.1 Å². The molecule has 1 aromatic heterocycles. The number of allylic oxidation sites excluding steroid dienone is 9. The number of phosphoric acid groups is 1. The van der Waals surface area contributed by atoms with Crippen molar-refractivity contribution in [2.75, 3.05) is 47.5 Å². The van der Waals surface area contributed by atoms with Crippen molar-refractivity contribution in [2.24, 2.45) is 0 Å². The van der Waals surface area contributed by atoms with Crippen LogP contribution in [0.15, 0.2) is 65.2 Å².